The molecule has 1 N–H and O–H groups in total. The standard InChI is InChI=1S/C23H17ClF4N4/c1-12-2-4-13(5-3-12)21-20-15(16-8-17(24)18(25)9-19(16)31-20)6-7-32(21)22-29-10-14(11-30-22)23(26,27)28/h2-5,8-11,21,31H,6-7H2,1H3. The number of aryl methyl sites for hydroxylation is 1. The zero-order chi connectivity index (χ0) is 22.6. The molecule has 0 bridgehead atoms. The van der Waals surface area contributed by atoms with Crippen LogP contribution < -0.4 is 4.90 Å². The molecule has 4 aromatic rings. The van der Waals surface area contributed by atoms with Crippen molar-refractivity contribution < 1.29 is 17.6 Å². The lowest BCUT2D eigenvalue weighted by atomic mass is 9.92. The first-order valence-corrected chi connectivity index (χ1v) is 10.3. The molecule has 0 amide bonds. The second-order valence-electron chi connectivity index (χ2n) is 7.86. The Balaban J connectivity index is 1.66. The van der Waals surface area contributed by atoms with Gasteiger partial charge in [0, 0.05) is 35.5 Å². The highest BCUT2D eigenvalue weighted by Gasteiger charge is 2.35. The quantitative estimate of drug-likeness (QED) is 0.361. The summed E-state index contributed by atoms with van der Waals surface area (Å²) in [4.78, 5) is 13.2. The lowest BCUT2D eigenvalue weighted by molar-refractivity contribution is -0.138. The highest BCUT2D eigenvalue weighted by molar-refractivity contribution is 6.31. The zero-order valence-electron chi connectivity index (χ0n) is 16.8. The van der Waals surface area contributed by atoms with E-state index in [-0.39, 0.29) is 17.0 Å². The van der Waals surface area contributed by atoms with E-state index in [4.69, 9.17) is 11.6 Å². The maximum atomic E-state index is 14.1. The Labute approximate surface area is 185 Å². The van der Waals surface area contributed by atoms with Crippen molar-refractivity contribution in [1.29, 1.82) is 0 Å². The third-order valence-corrected chi connectivity index (χ3v) is 6.07. The van der Waals surface area contributed by atoms with Gasteiger partial charge in [0.2, 0.25) is 5.95 Å². The van der Waals surface area contributed by atoms with Gasteiger partial charge in [-0.15, -0.1) is 0 Å². The van der Waals surface area contributed by atoms with Crippen molar-refractivity contribution in [3.8, 4) is 0 Å². The minimum atomic E-state index is -4.51. The topological polar surface area (TPSA) is 44.8 Å². The van der Waals surface area contributed by atoms with Crippen LogP contribution in [-0.2, 0) is 12.6 Å². The summed E-state index contributed by atoms with van der Waals surface area (Å²) in [5, 5.41) is 0.871. The van der Waals surface area contributed by atoms with E-state index < -0.39 is 17.6 Å². The Hall–Kier alpha value is -3.13. The lowest BCUT2D eigenvalue weighted by Gasteiger charge is -2.36. The van der Waals surface area contributed by atoms with Gasteiger partial charge in [0.1, 0.15) is 5.82 Å². The van der Waals surface area contributed by atoms with Crippen molar-refractivity contribution in [3.63, 3.8) is 0 Å². The fourth-order valence-corrected chi connectivity index (χ4v) is 4.38. The highest BCUT2D eigenvalue weighted by atomic mass is 35.5. The second-order valence-corrected chi connectivity index (χ2v) is 8.26. The Morgan fingerprint density at radius 2 is 1.78 bits per heavy atom. The molecule has 3 heterocycles. The predicted octanol–water partition coefficient (Wildman–Crippen LogP) is 6.23. The van der Waals surface area contributed by atoms with E-state index in [0.717, 1.165) is 40.2 Å². The molecule has 0 saturated heterocycles. The fourth-order valence-electron chi connectivity index (χ4n) is 4.21. The van der Waals surface area contributed by atoms with Crippen LogP contribution in [0.4, 0.5) is 23.5 Å². The molecule has 0 saturated carbocycles. The SMILES string of the molecule is Cc1ccc(C2c3[nH]c4cc(F)c(Cl)cc4c3CCN2c2ncc(C(F)(F)F)cn2)cc1. The summed E-state index contributed by atoms with van der Waals surface area (Å²) in [5.74, 6) is -0.329. The summed E-state index contributed by atoms with van der Waals surface area (Å²) >= 11 is 6.02. The average Bonchev–Trinajstić information content (AvgIpc) is 3.11. The van der Waals surface area contributed by atoms with E-state index >= 15 is 0 Å². The van der Waals surface area contributed by atoms with Gasteiger partial charge >= 0.3 is 6.18 Å². The molecule has 32 heavy (non-hydrogen) atoms. The molecule has 1 unspecified atom stereocenters. The third-order valence-electron chi connectivity index (χ3n) is 5.78. The number of hydrogen-bond donors (Lipinski definition) is 1. The van der Waals surface area contributed by atoms with E-state index in [1.807, 2.05) is 36.1 Å². The van der Waals surface area contributed by atoms with E-state index in [1.165, 1.54) is 6.07 Å². The molecule has 1 atom stereocenters. The van der Waals surface area contributed by atoms with Crippen molar-refractivity contribution in [2.75, 3.05) is 11.4 Å². The summed E-state index contributed by atoms with van der Waals surface area (Å²) in [6, 6.07) is 10.4. The molecule has 2 aromatic heterocycles. The minimum absolute atomic E-state index is 0.0414. The van der Waals surface area contributed by atoms with E-state index in [0.29, 0.717) is 18.5 Å². The molecule has 1 aliphatic heterocycles. The number of halogens is 5. The van der Waals surface area contributed by atoms with Crippen LogP contribution in [0.15, 0.2) is 48.8 Å². The molecule has 2 aromatic carbocycles. The number of hydrogen-bond acceptors (Lipinski definition) is 3. The molecule has 164 valence electrons. The highest BCUT2D eigenvalue weighted by Crippen LogP contribution is 2.41. The van der Waals surface area contributed by atoms with E-state index in [1.54, 1.807) is 6.07 Å². The van der Waals surface area contributed by atoms with Crippen LogP contribution in [0.2, 0.25) is 5.02 Å². The van der Waals surface area contributed by atoms with Crippen LogP contribution in [0.1, 0.15) is 34.0 Å². The fraction of sp³-hybridized carbons (Fsp3) is 0.217. The molecule has 1 aliphatic rings. The number of nitrogens with one attached hydrogen (secondary N) is 1. The summed E-state index contributed by atoms with van der Waals surface area (Å²) in [7, 11) is 0. The Morgan fingerprint density at radius 3 is 2.44 bits per heavy atom. The number of H-pyrrole nitrogens is 1. The lowest BCUT2D eigenvalue weighted by Crippen LogP contribution is -2.37. The first kappa shape index (κ1) is 20.8. The van der Waals surface area contributed by atoms with Crippen molar-refractivity contribution in [1.82, 2.24) is 15.0 Å². The monoisotopic (exact) mass is 460 g/mol. The molecule has 0 radical (unpaired) electrons. The van der Waals surface area contributed by atoms with Gasteiger partial charge in [-0.05, 0) is 36.6 Å². The first-order valence-electron chi connectivity index (χ1n) is 9.94. The maximum Gasteiger partial charge on any atom is 0.419 e. The van der Waals surface area contributed by atoms with Gasteiger partial charge in [-0.3, -0.25) is 0 Å². The smallest absolute Gasteiger partial charge is 0.356 e. The number of aromatic amines is 1. The average molecular weight is 461 g/mol. The molecule has 5 rings (SSSR count). The normalized spacial score (nSPS) is 16.4. The molecule has 0 fully saturated rings. The number of rotatable bonds is 2. The van der Waals surface area contributed by atoms with Crippen molar-refractivity contribution in [2.24, 2.45) is 0 Å². The molecule has 0 aliphatic carbocycles. The Bertz CT molecular complexity index is 1300. The maximum absolute atomic E-state index is 14.1. The van der Waals surface area contributed by atoms with Gasteiger partial charge < -0.3 is 9.88 Å². The minimum Gasteiger partial charge on any atom is -0.356 e. The number of anilines is 1. The van der Waals surface area contributed by atoms with Crippen LogP contribution in [0.3, 0.4) is 0 Å². The van der Waals surface area contributed by atoms with Gasteiger partial charge in [-0.1, -0.05) is 41.4 Å². The number of nitrogens with zero attached hydrogens (tertiary/aromatic N) is 3. The van der Waals surface area contributed by atoms with Crippen LogP contribution in [-0.4, -0.2) is 21.5 Å². The number of benzene rings is 2. The molecule has 9 heteroatoms. The van der Waals surface area contributed by atoms with Crippen LogP contribution in [0.25, 0.3) is 10.9 Å². The van der Waals surface area contributed by atoms with Crippen molar-refractivity contribution in [2.45, 2.75) is 25.6 Å². The first-order chi connectivity index (χ1) is 15.2. The summed E-state index contributed by atoms with van der Waals surface area (Å²) in [6.45, 7) is 2.44. The second kappa shape index (κ2) is 7.48. The Kier molecular flexibility index (Phi) is 4.85. The van der Waals surface area contributed by atoms with Crippen molar-refractivity contribution >= 4 is 28.5 Å². The number of alkyl halides is 3. The van der Waals surface area contributed by atoms with Gasteiger partial charge in [0.15, 0.2) is 0 Å². The van der Waals surface area contributed by atoms with Gasteiger partial charge in [0.25, 0.3) is 0 Å². The Morgan fingerprint density at radius 1 is 1.09 bits per heavy atom. The van der Waals surface area contributed by atoms with E-state index in [9.17, 15) is 17.6 Å². The molecular formula is C23H17ClF4N4. The van der Waals surface area contributed by atoms with Gasteiger partial charge in [-0.2, -0.15) is 13.2 Å². The van der Waals surface area contributed by atoms with Crippen LogP contribution in [0, 0.1) is 12.7 Å². The summed E-state index contributed by atoms with van der Waals surface area (Å²) in [5.41, 5.74) is 3.52. The number of fused-ring (bicyclic) bond motifs is 3. The van der Waals surface area contributed by atoms with Crippen LogP contribution in [0.5, 0.6) is 0 Å². The van der Waals surface area contributed by atoms with Gasteiger partial charge in [0.05, 0.1) is 16.6 Å². The summed E-state index contributed by atoms with van der Waals surface area (Å²) in [6.07, 6.45) is -2.34. The molecule has 0 spiro atoms. The zero-order valence-corrected chi connectivity index (χ0v) is 17.6. The van der Waals surface area contributed by atoms with Crippen molar-refractivity contribution in [3.05, 3.63) is 87.6 Å². The third kappa shape index (κ3) is 3.48. The molecular weight excluding hydrogens is 444 g/mol. The summed E-state index contributed by atoms with van der Waals surface area (Å²) < 4.78 is 53.0. The largest absolute Gasteiger partial charge is 0.419 e. The molecule has 4 nitrogen and oxygen atoms in total. The number of aromatic nitrogens is 3. The van der Waals surface area contributed by atoms with Crippen LogP contribution >= 0.6 is 11.6 Å². The predicted molar refractivity (Wildman–Crippen MR) is 114 cm³/mol. The van der Waals surface area contributed by atoms with E-state index in [2.05, 4.69) is 15.0 Å². The van der Waals surface area contributed by atoms with Gasteiger partial charge in [-0.25, -0.2) is 14.4 Å².